The zero-order valence-corrected chi connectivity index (χ0v) is 16.2. The summed E-state index contributed by atoms with van der Waals surface area (Å²) in [6.45, 7) is 1.20. The maximum absolute atomic E-state index is 12.2. The highest BCUT2D eigenvalue weighted by molar-refractivity contribution is 5.97. The van der Waals surface area contributed by atoms with E-state index in [1.54, 1.807) is 42.5 Å². The molecule has 1 amide bonds. The summed E-state index contributed by atoms with van der Waals surface area (Å²) in [7, 11) is 1.52. The Bertz CT molecular complexity index is 984. The van der Waals surface area contributed by atoms with Crippen molar-refractivity contribution in [2.24, 2.45) is 0 Å². The standard InChI is InChI=1S/C23H21NO5/c1-16(25)21-13-12-20(27-2)14-22(21)28-15-23(26)24-17-8-10-19(11-9-17)29-18-6-4-3-5-7-18/h3-14H,15H2,1-2H3,(H,24,26). The molecule has 0 saturated carbocycles. The lowest BCUT2D eigenvalue weighted by atomic mass is 10.1. The number of hydrogen-bond acceptors (Lipinski definition) is 5. The van der Waals surface area contributed by atoms with Gasteiger partial charge in [-0.3, -0.25) is 9.59 Å². The van der Waals surface area contributed by atoms with Crippen LogP contribution in [0, 0.1) is 0 Å². The van der Waals surface area contributed by atoms with E-state index in [2.05, 4.69) is 5.32 Å². The molecule has 0 spiro atoms. The number of hydrogen-bond donors (Lipinski definition) is 1. The van der Waals surface area contributed by atoms with Crippen LogP contribution in [-0.2, 0) is 4.79 Å². The van der Waals surface area contributed by atoms with Crippen LogP contribution >= 0.6 is 0 Å². The minimum Gasteiger partial charge on any atom is -0.497 e. The lowest BCUT2D eigenvalue weighted by Gasteiger charge is -2.12. The zero-order valence-electron chi connectivity index (χ0n) is 16.2. The Morgan fingerprint density at radius 3 is 2.17 bits per heavy atom. The van der Waals surface area contributed by atoms with E-state index < -0.39 is 0 Å². The number of carbonyl (C=O) groups excluding carboxylic acids is 2. The van der Waals surface area contributed by atoms with Gasteiger partial charge in [0.25, 0.3) is 5.91 Å². The van der Waals surface area contributed by atoms with Crippen molar-refractivity contribution in [1.82, 2.24) is 0 Å². The summed E-state index contributed by atoms with van der Waals surface area (Å²) in [5, 5.41) is 2.74. The Labute approximate surface area is 169 Å². The highest BCUT2D eigenvalue weighted by atomic mass is 16.5. The number of anilines is 1. The van der Waals surface area contributed by atoms with Crippen molar-refractivity contribution in [2.75, 3.05) is 19.0 Å². The number of Topliss-reactive ketones (excluding diaryl/α,β-unsaturated/α-hetero) is 1. The fourth-order valence-corrected chi connectivity index (χ4v) is 2.61. The van der Waals surface area contributed by atoms with E-state index in [4.69, 9.17) is 14.2 Å². The van der Waals surface area contributed by atoms with Crippen molar-refractivity contribution in [3.63, 3.8) is 0 Å². The third-order valence-electron chi connectivity index (χ3n) is 4.04. The minimum absolute atomic E-state index is 0.155. The van der Waals surface area contributed by atoms with Gasteiger partial charge in [-0.15, -0.1) is 0 Å². The van der Waals surface area contributed by atoms with E-state index in [1.165, 1.54) is 14.0 Å². The maximum Gasteiger partial charge on any atom is 0.262 e. The van der Waals surface area contributed by atoms with Crippen molar-refractivity contribution >= 4 is 17.4 Å². The molecule has 0 unspecified atom stereocenters. The van der Waals surface area contributed by atoms with Crippen LogP contribution < -0.4 is 19.5 Å². The van der Waals surface area contributed by atoms with E-state index in [9.17, 15) is 9.59 Å². The summed E-state index contributed by atoms with van der Waals surface area (Å²) in [5.74, 6) is 1.74. The number of nitrogens with one attached hydrogen (secondary N) is 1. The van der Waals surface area contributed by atoms with Gasteiger partial charge >= 0.3 is 0 Å². The number of ether oxygens (including phenoxy) is 3. The Kier molecular flexibility index (Phi) is 6.47. The molecule has 3 aromatic carbocycles. The molecule has 0 radical (unpaired) electrons. The van der Waals surface area contributed by atoms with Gasteiger partial charge in [0.15, 0.2) is 12.4 Å². The number of methoxy groups -OCH3 is 1. The molecule has 0 heterocycles. The van der Waals surface area contributed by atoms with Crippen molar-refractivity contribution in [1.29, 1.82) is 0 Å². The smallest absolute Gasteiger partial charge is 0.262 e. The van der Waals surface area contributed by atoms with Crippen LogP contribution in [0.4, 0.5) is 5.69 Å². The number of amides is 1. The van der Waals surface area contributed by atoms with Gasteiger partial charge in [-0.25, -0.2) is 0 Å². The van der Waals surface area contributed by atoms with Crippen LogP contribution in [0.15, 0.2) is 72.8 Å². The van der Waals surface area contributed by atoms with Gasteiger partial charge in [-0.2, -0.15) is 0 Å². The summed E-state index contributed by atoms with van der Waals surface area (Å²) in [6.07, 6.45) is 0. The van der Waals surface area contributed by atoms with Gasteiger partial charge < -0.3 is 19.5 Å². The Morgan fingerprint density at radius 2 is 1.52 bits per heavy atom. The summed E-state index contributed by atoms with van der Waals surface area (Å²) >= 11 is 0. The number of benzene rings is 3. The monoisotopic (exact) mass is 391 g/mol. The molecule has 0 saturated heterocycles. The van der Waals surface area contributed by atoms with Crippen molar-refractivity contribution in [3.05, 3.63) is 78.4 Å². The average Bonchev–Trinajstić information content (AvgIpc) is 2.74. The first-order chi connectivity index (χ1) is 14.0. The van der Waals surface area contributed by atoms with Gasteiger partial charge in [-0.05, 0) is 55.5 Å². The van der Waals surface area contributed by atoms with E-state index in [0.29, 0.717) is 28.5 Å². The second-order valence-electron chi connectivity index (χ2n) is 6.19. The molecule has 0 bridgehead atoms. The third-order valence-corrected chi connectivity index (χ3v) is 4.04. The molecule has 6 nitrogen and oxygen atoms in total. The second-order valence-corrected chi connectivity index (χ2v) is 6.19. The molecule has 3 aromatic rings. The van der Waals surface area contributed by atoms with Crippen molar-refractivity contribution in [2.45, 2.75) is 6.92 Å². The quantitative estimate of drug-likeness (QED) is 0.563. The van der Waals surface area contributed by atoms with Crippen molar-refractivity contribution < 1.29 is 23.8 Å². The molecular formula is C23H21NO5. The Hall–Kier alpha value is -3.80. The predicted molar refractivity (Wildman–Crippen MR) is 110 cm³/mol. The van der Waals surface area contributed by atoms with E-state index in [1.807, 2.05) is 30.3 Å². The lowest BCUT2D eigenvalue weighted by Crippen LogP contribution is -2.20. The molecular weight excluding hydrogens is 370 g/mol. The molecule has 0 fully saturated rings. The summed E-state index contributed by atoms with van der Waals surface area (Å²) in [5.41, 5.74) is 0.998. The van der Waals surface area contributed by atoms with Gasteiger partial charge in [0.05, 0.1) is 12.7 Å². The third kappa shape index (κ3) is 5.59. The first-order valence-electron chi connectivity index (χ1n) is 9.00. The maximum atomic E-state index is 12.2. The zero-order chi connectivity index (χ0) is 20.6. The Balaban J connectivity index is 1.58. The predicted octanol–water partition coefficient (Wildman–Crippen LogP) is 4.71. The second kappa shape index (κ2) is 9.41. The normalized spacial score (nSPS) is 10.1. The van der Waals surface area contributed by atoms with Crippen LogP contribution in [-0.4, -0.2) is 25.4 Å². The van der Waals surface area contributed by atoms with Gasteiger partial charge in [0, 0.05) is 11.8 Å². The molecule has 1 N–H and O–H groups in total. The van der Waals surface area contributed by atoms with Crippen LogP contribution in [0.1, 0.15) is 17.3 Å². The molecule has 0 aliphatic rings. The van der Waals surface area contributed by atoms with Gasteiger partial charge in [0.2, 0.25) is 0 Å². The van der Waals surface area contributed by atoms with E-state index in [0.717, 1.165) is 5.75 Å². The molecule has 29 heavy (non-hydrogen) atoms. The van der Waals surface area contributed by atoms with Gasteiger partial charge in [0.1, 0.15) is 23.0 Å². The SMILES string of the molecule is COc1ccc(C(C)=O)c(OCC(=O)Nc2ccc(Oc3ccccc3)cc2)c1. The molecule has 0 aliphatic carbocycles. The lowest BCUT2D eigenvalue weighted by molar-refractivity contribution is -0.118. The molecule has 0 atom stereocenters. The van der Waals surface area contributed by atoms with Crippen LogP contribution in [0.2, 0.25) is 0 Å². The molecule has 0 aliphatic heterocycles. The van der Waals surface area contributed by atoms with Crippen LogP contribution in [0.5, 0.6) is 23.0 Å². The fourth-order valence-electron chi connectivity index (χ4n) is 2.61. The number of para-hydroxylation sites is 1. The molecule has 0 aromatic heterocycles. The average molecular weight is 391 g/mol. The highest BCUT2D eigenvalue weighted by Crippen LogP contribution is 2.26. The van der Waals surface area contributed by atoms with Gasteiger partial charge in [-0.1, -0.05) is 18.2 Å². The fraction of sp³-hybridized carbons (Fsp3) is 0.130. The van der Waals surface area contributed by atoms with E-state index in [-0.39, 0.29) is 18.3 Å². The van der Waals surface area contributed by atoms with Crippen LogP contribution in [0.3, 0.4) is 0 Å². The topological polar surface area (TPSA) is 73.9 Å². The minimum atomic E-state index is -0.348. The number of rotatable bonds is 8. The molecule has 148 valence electrons. The summed E-state index contributed by atoms with van der Waals surface area (Å²) in [4.78, 5) is 23.9. The molecule has 6 heteroatoms. The Morgan fingerprint density at radius 1 is 0.862 bits per heavy atom. The number of ketones is 1. The largest absolute Gasteiger partial charge is 0.497 e. The first kappa shape index (κ1) is 19.9. The summed E-state index contributed by atoms with van der Waals surface area (Å²) in [6, 6.07) is 21.3. The first-order valence-corrected chi connectivity index (χ1v) is 9.00. The summed E-state index contributed by atoms with van der Waals surface area (Å²) < 4.78 is 16.4. The van der Waals surface area contributed by atoms with Crippen molar-refractivity contribution in [3.8, 4) is 23.0 Å². The number of carbonyl (C=O) groups is 2. The highest BCUT2D eigenvalue weighted by Gasteiger charge is 2.12. The van der Waals surface area contributed by atoms with Crippen LogP contribution in [0.25, 0.3) is 0 Å². The molecule has 3 rings (SSSR count). The van der Waals surface area contributed by atoms with E-state index >= 15 is 0 Å².